The molecule has 7 nitrogen and oxygen atoms in total. The van der Waals surface area contributed by atoms with Gasteiger partial charge < -0.3 is 10.2 Å². The SMILES string of the molecule is NC(=O)CCCCCn1c(SCc2coc(-c3ccccc3)n2)nc2ccccc2c1=O. The van der Waals surface area contributed by atoms with Crippen LogP contribution in [0.1, 0.15) is 31.4 Å². The van der Waals surface area contributed by atoms with Crippen LogP contribution in [0, 0.1) is 0 Å². The first-order valence-electron chi connectivity index (χ1n) is 10.5. The number of hydrogen-bond donors (Lipinski definition) is 1. The zero-order chi connectivity index (χ0) is 22.3. The second-order valence-electron chi connectivity index (χ2n) is 7.44. The summed E-state index contributed by atoms with van der Waals surface area (Å²) in [5, 5.41) is 1.25. The maximum absolute atomic E-state index is 13.1. The van der Waals surface area contributed by atoms with Crippen LogP contribution in [0.5, 0.6) is 0 Å². The Morgan fingerprint density at radius 1 is 1.00 bits per heavy atom. The number of rotatable bonds is 10. The largest absolute Gasteiger partial charge is 0.444 e. The number of para-hydroxylation sites is 1. The summed E-state index contributed by atoms with van der Waals surface area (Å²) in [6, 6.07) is 17.1. The topological polar surface area (TPSA) is 104 Å². The molecule has 0 spiro atoms. The molecule has 1 amide bonds. The van der Waals surface area contributed by atoms with Crippen molar-refractivity contribution < 1.29 is 9.21 Å². The van der Waals surface area contributed by atoms with Crippen molar-refractivity contribution in [2.75, 3.05) is 0 Å². The van der Waals surface area contributed by atoms with Gasteiger partial charge in [-0.25, -0.2) is 9.97 Å². The Kier molecular flexibility index (Phi) is 7.01. The van der Waals surface area contributed by atoms with E-state index < -0.39 is 0 Å². The number of unbranched alkanes of at least 4 members (excludes halogenated alkanes) is 2. The fourth-order valence-electron chi connectivity index (χ4n) is 3.43. The first-order valence-corrected chi connectivity index (χ1v) is 11.5. The van der Waals surface area contributed by atoms with Crippen LogP contribution in [-0.4, -0.2) is 20.4 Å². The molecule has 32 heavy (non-hydrogen) atoms. The van der Waals surface area contributed by atoms with Gasteiger partial charge in [0.2, 0.25) is 11.8 Å². The van der Waals surface area contributed by atoms with Gasteiger partial charge in [-0.1, -0.05) is 48.5 Å². The number of aromatic nitrogens is 3. The van der Waals surface area contributed by atoms with E-state index in [1.54, 1.807) is 16.9 Å². The monoisotopic (exact) mass is 448 g/mol. The molecule has 0 aliphatic rings. The molecule has 2 aromatic carbocycles. The molecular weight excluding hydrogens is 424 g/mol. The predicted molar refractivity (Wildman–Crippen MR) is 125 cm³/mol. The van der Waals surface area contributed by atoms with Crippen LogP contribution < -0.4 is 11.3 Å². The molecule has 164 valence electrons. The Bertz CT molecular complexity index is 1270. The Morgan fingerprint density at radius 3 is 2.59 bits per heavy atom. The van der Waals surface area contributed by atoms with E-state index in [1.165, 1.54) is 11.8 Å². The van der Waals surface area contributed by atoms with Crippen molar-refractivity contribution in [3.63, 3.8) is 0 Å². The first-order chi connectivity index (χ1) is 15.6. The van der Waals surface area contributed by atoms with E-state index in [-0.39, 0.29) is 11.5 Å². The van der Waals surface area contributed by atoms with Crippen molar-refractivity contribution in [1.29, 1.82) is 0 Å². The molecule has 8 heteroatoms. The van der Waals surface area contributed by atoms with Gasteiger partial charge in [-0.2, -0.15) is 0 Å². The van der Waals surface area contributed by atoms with Crippen LogP contribution in [0.25, 0.3) is 22.4 Å². The van der Waals surface area contributed by atoms with Crippen LogP contribution in [0.4, 0.5) is 0 Å². The molecule has 2 N–H and O–H groups in total. The summed E-state index contributed by atoms with van der Waals surface area (Å²) in [4.78, 5) is 33.4. The lowest BCUT2D eigenvalue weighted by molar-refractivity contribution is -0.118. The maximum atomic E-state index is 13.1. The Balaban J connectivity index is 1.52. The third kappa shape index (κ3) is 5.26. The Morgan fingerprint density at radius 2 is 1.78 bits per heavy atom. The summed E-state index contributed by atoms with van der Waals surface area (Å²) in [6.45, 7) is 0.534. The highest BCUT2D eigenvalue weighted by Gasteiger charge is 2.13. The van der Waals surface area contributed by atoms with Crippen LogP contribution >= 0.6 is 11.8 Å². The fourth-order valence-corrected chi connectivity index (χ4v) is 4.33. The number of hydrogen-bond acceptors (Lipinski definition) is 6. The van der Waals surface area contributed by atoms with Crippen LogP contribution in [0.3, 0.4) is 0 Å². The summed E-state index contributed by atoms with van der Waals surface area (Å²) in [5.74, 6) is 0.802. The van der Waals surface area contributed by atoms with E-state index >= 15 is 0 Å². The van der Waals surface area contributed by atoms with Gasteiger partial charge in [-0.3, -0.25) is 14.2 Å². The van der Waals surface area contributed by atoms with Gasteiger partial charge in [0.25, 0.3) is 5.56 Å². The second kappa shape index (κ2) is 10.3. The highest BCUT2D eigenvalue weighted by molar-refractivity contribution is 7.98. The standard InChI is InChI=1S/C24H24N4O3S/c25-21(29)13-5-2-8-14-28-23(30)19-11-6-7-12-20(19)27-24(28)32-16-18-15-31-22(26-18)17-9-3-1-4-10-17/h1,3-4,6-7,9-12,15H,2,5,8,13-14,16H2,(H2,25,29). The van der Waals surface area contributed by atoms with Crippen molar-refractivity contribution in [3.05, 3.63) is 76.9 Å². The van der Waals surface area contributed by atoms with Crippen molar-refractivity contribution >= 4 is 28.6 Å². The van der Waals surface area contributed by atoms with Crippen LogP contribution in [0.2, 0.25) is 0 Å². The van der Waals surface area contributed by atoms with Crippen LogP contribution in [-0.2, 0) is 17.1 Å². The minimum Gasteiger partial charge on any atom is -0.444 e. The number of oxazole rings is 1. The molecule has 0 bridgehead atoms. The number of nitrogens with two attached hydrogens (primary N) is 1. The fraction of sp³-hybridized carbons (Fsp3) is 0.250. The van der Waals surface area contributed by atoms with Gasteiger partial charge in [-0.15, -0.1) is 0 Å². The van der Waals surface area contributed by atoms with E-state index in [0.29, 0.717) is 40.7 Å². The third-order valence-electron chi connectivity index (χ3n) is 5.05. The average Bonchev–Trinajstić information content (AvgIpc) is 3.28. The predicted octanol–water partition coefficient (Wildman–Crippen LogP) is 4.39. The van der Waals surface area contributed by atoms with Gasteiger partial charge in [-0.05, 0) is 37.1 Å². The molecule has 2 aromatic heterocycles. The third-order valence-corrected chi connectivity index (χ3v) is 6.06. The lowest BCUT2D eigenvalue weighted by Gasteiger charge is -2.12. The number of carbonyl (C=O) groups is 1. The number of thioether (sulfide) groups is 1. The molecule has 2 heterocycles. The molecule has 0 saturated carbocycles. The summed E-state index contributed by atoms with van der Waals surface area (Å²) < 4.78 is 7.34. The zero-order valence-electron chi connectivity index (χ0n) is 17.6. The molecule has 0 radical (unpaired) electrons. The zero-order valence-corrected chi connectivity index (χ0v) is 18.4. The molecule has 0 atom stereocenters. The van der Waals surface area contributed by atoms with Gasteiger partial charge in [0.1, 0.15) is 6.26 Å². The van der Waals surface area contributed by atoms with E-state index in [1.807, 2.05) is 48.5 Å². The molecule has 0 unspecified atom stereocenters. The van der Waals surface area contributed by atoms with Crippen LogP contribution in [0.15, 0.2) is 75.2 Å². The smallest absolute Gasteiger partial charge is 0.262 e. The summed E-state index contributed by atoms with van der Waals surface area (Å²) >= 11 is 1.46. The number of benzene rings is 2. The maximum Gasteiger partial charge on any atom is 0.262 e. The van der Waals surface area contributed by atoms with Gasteiger partial charge >= 0.3 is 0 Å². The normalized spacial score (nSPS) is 11.1. The summed E-state index contributed by atoms with van der Waals surface area (Å²) in [6.07, 6.45) is 4.30. The molecule has 0 fully saturated rings. The number of amides is 1. The molecule has 4 aromatic rings. The highest BCUT2D eigenvalue weighted by atomic mass is 32.2. The number of fused-ring (bicyclic) bond motifs is 1. The highest BCUT2D eigenvalue weighted by Crippen LogP contribution is 2.25. The summed E-state index contributed by atoms with van der Waals surface area (Å²) in [5.41, 5.74) is 7.53. The molecule has 4 rings (SSSR count). The number of primary amides is 1. The number of nitrogens with zero attached hydrogens (tertiary/aromatic N) is 3. The van der Waals surface area contributed by atoms with E-state index in [4.69, 9.17) is 15.1 Å². The average molecular weight is 449 g/mol. The first kappa shape index (κ1) is 21.8. The molecular formula is C24H24N4O3S. The second-order valence-corrected chi connectivity index (χ2v) is 8.39. The minimum absolute atomic E-state index is 0.0573. The Labute approximate surface area is 189 Å². The number of carbonyl (C=O) groups excluding carboxylic acids is 1. The van der Waals surface area contributed by atoms with Crippen molar-refractivity contribution in [1.82, 2.24) is 14.5 Å². The van der Waals surface area contributed by atoms with Crippen molar-refractivity contribution in [2.24, 2.45) is 5.73 Å². The van der Waals surface area contributed by atoms with E-state index in [9.17, 15) is 9.59 Å². The lowest BCUT2D eigenvalue weighted by atomic mass is 10.2. The van der Waals surface area contributed by atoms with E-state index in [2.05, 4.69) is 4.98 Å². The van der Waals surface area contributed by atoms with Crippen molar-refractivity contribution in [3.8, 4) is 11.5 Å². The lowest BCUT2D eigenvalue weighted by Crippen LogP contribution is -2.23. The summed E-state index contributed by atoms with van der Waals surface area (Å²) in [7, 11) is 0. The van der Waals surface area contributed by atoms with Gasteiger partial charge in [0, 0.05) is 24.3 Å². The van der Waals surface area contributed by atoms with E-state index in [0.717, 1.165) is 30.5 Å². The van der Waals surface area contributed by atoms with Gasteiger partial charge in [0.15, 0.2) is 5.16 Å². The van der Waals surface area contributed by atoms with Crippen molar-refractivity contribution in [2.45, 2.75) is 43.1 Å². The molecule has 0 aliphatic heterocycles. The molecule has 0 aliphatic carbocycles. The molecule has 0 saturated heterocycles. The van der Waals surface area contributed by atoms with Gasteiger partial charge in [0.05, 0.1) is 16.6 Å². The quantitative estimate of drug-likeness (QED) is 0.219. The minimum atomic E-state index is -0.298. The Hall–Kier alpha value is -3.39.